The molecule has 28 heavy (non-hydrogen) atoms. The highest BCUT2D eigenvalue weighted by Gasteiger charge is 2.66. The first kappa shape index (κ1) is 21.1. The molecule has 4 nitrogen and oxygen atoms in total. The van der Waals surface area contributed by atoms with Crippen molar-refractivity contribution >= 4 is 0 Å². The van der Waals surface area contributed by atoms with E-state index in [9.17, 15) is 20.4 Å². The molecule has 4 heteroatoms. The van der Waals surface area contributed by atoms with Crippen LogP contribution in [0.2, 0.25) is 0 Å². The Hall–Kier alpha value is -0.160. The number of hydrogen-bond donors (Lipinski definition) is 4. The summed E-state index contributed by atoms with van der Waals surface area (Å²) in [4.78, 5) is 0. The van der Waals surface area contributed by atoms with Gasteiger partial charge in [0.05, 0.1) is 18.3 Å². The second-order valence-electron chi connectivity index (χ2n) is 10.9. The van der Waals surface area contributed by atoms with E-state index in [1.807, 2.05) is 0 Å². The Morgan fingerprint density at radius 2 is 1.79 bits per heavy atom. The molecule has 4 saturated carbocycles. The minimum Gasteiger partial charge on any atom is -0.396 e. The van der Waals surface area contributed by atoms with Crippen molar-refractivity contribution in [3.8, 4) is 0 Å². The Kier molecular flexibility index (Phi) is 5.66. The van der Waals surface area contributed by atoms with Gasteiger partial charge in [0.1, 0.15) is 0 Å². The monoisotopic (exact) mass is 392 g/mol. The van der Waals surface area contributed by atoms with Crippen LogP contribution < -0.4 is 0 Å². The summed E-state index contributed by atoms with van der Waals surface area (Å²) < 4.78 is 0. The molecule has 0 spiro atoms. The largest absolute Gasteiger partial charge is 0.396 e. The van der Waals surface area contributed by atoms with Crippen LogP contribution in [0.5, 0.6) is 0 Å². The van der Waals surface area contributed by atoms with Crippen LogP contribution in [0, 0.1) is 46.3 Å². The Morgan fingerprint density at radius 1 is 1.04 bits per heavy atom. The molecule has 160 valence electrons. The van der Waals surface area contributed by atoms with Gasteiger partial charge in [-0.05, 0) is 92.8 Å². The Balaban J connectivity index is 1.62. The summed E-state index contributed by atoms with van der Waals surface area (Å²) in [6.45, 7) is 7.12. The zero-order valence-corrected chi connectivity index (χ0v) is 17.9. The van der Waals surface area contributed by atoms with E-state index < -0.39 is 6.10 Å². The molecule has 0 bridgehead atoms. The maximum Gasteiger partial charge on any atom is 0.0614 e. The van der Waals surface area contributed by atoms with E-state index in [0.717, 1.165) is 51.4 Å². The van der Waals surface area contributed by atoms with E-state index in [1.165, 1.54) is 11.8 Å². The van der Waals surface area contributed by atoms with E-state index in [-0.39, 0.29) is 35.6 Å². The Morgan fingerprint density at radius 3 is 2.50 bits per heavy atom. The van der Waals surface area contributed by atoms with Crippen LogP contribution in [0.25, 0.3) is 0 Å². The maximum absolute atomic E-state index is 11.5. The average molecular weight is 393 g/mol. The van der Waals surface area contributed by atoms with Gasteiger partial charge in [-0.25, -0.2) is 0 Å². The summed E-state index contributed by atoms with van der Waals surface area (Å²) in [5.74, 6) is 4.13. The molecule has 4 fully saturated rings. The summed E-state index contributed by atoms with van der Waals surface area (Å²) in [6, 6.07) is 0. The Bertz CT molecular complexity index is 567. The molecule has 2 radical (unpaired) electrons. The second kappa shape index (κ2) is 7.51. The van der Waals surface area contributed by atoms with E-state index in [1.54, 1.807) is 0 Å². The number of fused-ring (bicyclic) bond motifs is 5. The van der Waals surface area contributed by atoms with Gasteiger partial charge in [-0.1, -0.05) is 20.8 Å². The number of aliphatic hydroxyl groups excluding tert-OH is 4. The highest BCUT2D eigenvalue weighted by molar-refractivity contribution is 5.32. The van der Waals surface area contributed by atoms with Gasteiger partial charge in [0.15, 0.2) is 0 Å². The van der Waals surface area contributed by atoms with E-state index in [2.05, 4.69) is 20.8 Å². The third-order valence-electron chi connectivity index (χ3n) is 9.68. The lowest BCUT2D eigenvalue weighted by Crippen LogP contribution is -2.61. The summed E-state index contributed by atoms with van der Waals surface area (Å²) in [6.07, 6.45) is 6.96. The molecule has 9 atom stereocenters. The molecule has 4 aliphatic rings. The number of aliphatic hydroxyl groups is 4. The quantitative estimate of drug-likeness (QED) is 0.592. The molecule has 4 N–H and O–H groups in total. The fourth-order valence-electron chi connectivity index (χ4n) is 8.04. The molecule has 9 unspecified atom stereocenters. The first-order valence-corrected chi connectivity index (χ1v) is 11.6. The standard InChI is InChI=1S/C24H40O4/c1-14(5-4-10-25)17-6-7-18-22-19(13-21(28)24(17,18)3)23(2)9-8-16(26)11-15(23)12-20(22)27/h14,16-21,25-28H,4-13H2,1-3H3. The van der Waals surface area contributed by atoms with E-state index >= 15 is 0 Å². The molecule has 4 rings (SSSR count). The van der Waals surface area contributed by atoms with Gasteiger partial charge in [-0.2, -0.15) is 0 Å². The van der Waals surface area contributed by atoms with Crippen molar-refractivity contribution in [3.63, 3.8) is 0 Å². The fourth-order valence-corrected chi connectivity index (χ4v) is 8.04. The topological polar surface area (TPSA) is 80.9 Å². The van der Waals surface area contributed by atoms with Crippen molar-refractivity contribution in [2.45, 2.75) is 96.9 Å². The summed E-state index contributed by atoms with van der Waals surface area (Å²) in [5, 5.41) is 42.1. The van der Waals surface area contributed by atoms with Gasteiger partial charge in [-0.3, -0.25) is 0 Å². The molecule has 0 aromatic heterocycles. The van der Waals surface area contributed by atoms with Gasteiger partial charge in [-0.15, -0.1) is 0 Å². The SMILES string of the molecule is CC(CCCO)C1CCC2[C]3C(O)C[C]4CC(O)CCC4(C)C3CC(O)C21C. The normalized spacial score (nSPS) is 50.7. The number of hydrogen-bond acceptors (Lipinski definition) is 4. The van der Waals surface area contributed by atoms with Crippen LogP contribution in [-0.4, -0.2) is 45.3 Å². The third-order valence-corrected chi connectivity index (χ3v) is 9.68. The summed E-state index contributed by atoms with van der Waals surface area (Å²) >= 11 is 0. The lowest BCUT2D eigenvalue weighted by Gasteiger charge is -2.63. The minimum atomic E-state index is -0.415. The smallest absolute Gasteiger partial charge is 0.0614 e. The highest BCUT2D eigenvalue weighted by Crippen LogP contribution is 2.69. The zero-order valence-electron chi connectivity index (χ0n) is 17.9. The van der Waals surface area contributed by atoms with Crippen LogP contribution in [0.15, 0.2) is 0 Å². The van der Waals surface area contributed by atoms with Crippen molar-refractivity contribution in [3.05, 3.63) is 11.8 Å². The molecule has 0 aromatic rings. The lowest BCUT2D eigenvalue weighted by molar-refractivity contribution is -0.121. The van der Waals surface area contributed by atoms with Gasteiger partial charge in [0.25, 0.3) is 0 Å². The van der Waals surface area contributed by atoms with Crippen LogP contribution in [0.1, 0.15) is 78.6 Å². The van der Waals surface area contributed by atoms with Gasteiger partial charge in [0.2, 0.25) is 0 Å². The zero-order chi connectivity index (χ0) is 20.3. The van der Waals surface area contributed by atoms with Crippen LogP contribution in [0.4, 0.5) is 0 Å². The molecular weight excluding hydrogens is 352 g/mol. The van der Waals surface area contributed by atoms with E-state index in [4.69, 9.17) is 0 Å². The van der Waals surface area contributed by atoms with Crippen LogP contribution in [0.3, 0.4) is 0 Å². The molecule has 0 heterocycles. The van der Waals surface area contributed by atoms with Crippen molar-refractivity contribution in [2.75, 3.05) is 6.61 Å². The van der Waals surface area contributed by atoms with Gasteiger partial charge in [0, 0.05) is 17.9 Å². The van der Waals surface area contributed by atoms with Crippen molar-refractivity contribution < 1.29 is 20.4 Å². The molecule has 0 aliphatic heterocycles. The van der Waals surface area contributed by atoms with Crippen LogP contribution >= 0.6 is 0 Å². The fraction of sp³-hybridized carbons (Fsp3) is 0.917. The summed E-state index contributed by atoms with van der Waals surface area (Å²) in [5.41, 5.74) is -0.138. The first-order valence-electron chi connectivity index (χ1n) is 11.6. The predicted molar refractivity (Wildman–Crippen MR) is 109 cm³/mol. The Labute approximate surface area is 170 Å². The maximum atomic E-state index is 11.5. The highest BCUT2D eigenvalue weighted by atomic mass is 16.3. The molecular formula is C24H40O4. The van der Waals surface area contributed by atoms with Crippen LogP contribution in [-0.2, 0) is 0 Å². The average Bonchev–Trinajstić information content (AvgIpc) is 3.01. The molecule has 0 amide bonds. The number of rotatable bonds is 4. The molecule has 4 aliphatic carbocycles. The molecule has 0 aromatic carbocycles. The first-order chi connectivity index (χ1) is 13.2. The van der Waals surface area contributed by atoms with E-state index in [0.29, 0.717) is 24.2 Å². The molecule has 0 saturated heterocycles. The van der Waals surface area contributed by atoms with Crippen molar-refractivity contribution in [1.82, 2.24) is 0 Å². The second-order valence-corrected chi connectivity index (χ2v) is 10.9. The van der Waals surface area contributed by atoms with Crippen molar-refractivity contribution in [2.24, 2.45) is 34.5 Å². The predicted octanol–water partition coefficient (Wildman–Crippen LogP) is 3.27. The minimum absolute atomic E-state index is 0.0245. The van der Waals surface area contributed by atoms with Crippen molar-refractivity contribution in [1.29, 1.82) is 0 Å². The van der Waals surface area contributed by atoms with Gasteiger partial charge >= 0.3 is 0 Å². The third kappa shape index (κ3) is 3.01. The van der Waals surface area contributed by atoms with Gasteiger partial charge < -0.3 is 20.4 Å². The lowest BCUT2D eigenvalue weighted by atomic mass is 9.43. The summed E-state index contributed by atoms with van der Waals surface area (Å²) in [7, 11) is 0.